The molecule has 0 bridgehead atoms. The molecule has 4 rings (SSSR count). The lowest BCUT2D eigenvalue weighted by Gasteiger charge is -2.10. The Morgan fingerprint density at radius 3 is 2.59 bits per heavy atom. The molecule has 4 aromatic rings. The van der Waals surface area contributed by atoms with Gasteiger partial charge >= 0.3 is 0 Å². The fraction of sp³-hybridized carbons (Fsp3) is 0.296. The third-order valence-electron chi connectivity index (χ3n) is 5.52. The van der Waals surface area contributed by atoms with Crippen LogP contribution in [0.1, 0.15) is 40.4 Å². The molecule has 1 amide bonds. The molecule has 0 atom stereocenters. The summed E-state index contributed by atoms with van der Waals surface area (Å²) in [5.41, 5.74) is 6.23. The number of hydrogen-bond acceptors (Lipinski definition) is 5. The van der Waals surface area contributed by atoms with Crippen molar-refractivity contribution in [3.05, 3.63) is 89.2 Å². The topological polar surface area (TPSA) is 69.0 Å². The van der Waals surface area contributed by atoms with Gasteiger partial charge in [0, 0.05) is 37.3 Å². The highest BCUT2D eigenvalue weighted by Crippen LogP contribution is 2.27. The van der Waals surface area contributed by atoms with Crippen LogP contribution < -0.4 is 5.32 Å². The number of carbonyl (C=O) groups is 1. The van der Waals surface area contributed by atoms with Gasteiger partial charge in [0.1, 0.15) is 0 Å². The molecule has 1 N–H and O–H groups in total. The zero-order valence-electron chi connectivity index (χ0n) is 19.7. The number of pyridine rings is 1. The van der Waals surface area contributed by atoms with Crippen LogP contribution in [0.5, 0.6) is 0 Å². The highest BCUT2D eigenvalue weighted by Gasteiger charge is 2.13. The quantitative estimate of drug-likeness (QED) is 0.238. The minimum Gasteiger partial charge on any atom is -0.382 e. The first-order chi connectivity index (χ1) is 16.6. The minimum atomic E-state index is -0.0605. The molecule has 7 heteroatoms. The van der Waals surface area contributed by atoms with E-state index in [1.165, 1.54) is 11.1 Å². The van der Waals surface area contributed by atoms with Crippen LogP contribution in [-0.4, -0.2) is 40.2 Å². The number of ether oxygens (including phenoxy) is 1. The van der Waals surface area contributed by atoms with Crippen LogP contribution in [0.3, 0.4) is 0 Å². The van der Waals surface area contributed by atoms with E-state index in [2.05, 4.69) is 46.1 Å². The Balaban J connectivity index is 1.45. The predicted molar refractivity (Wildman–Crippen MR) is 137 cm³/mol. The number of nitrogens with zero attached hydrogens (tertiary/aromatic N) is 3. The summed E-state index contributed by atoms with van der Waals surface area (Å²) in [7, 11) is 0. The van der Waals surface area contributed by atoms with E-state index in [9.17, 15) is 4.79 Å². The number of imidazole rings is 1. The molecular formula is C27H30N4O2S. The molecule has 0 radical (unpaired) electrons. The number of hydrogen-bond donors (Lipinski definition) is 1. The second kappa shape index (κ2) is 11.8. The summed E-state index contributed by atoms with van der Waals surface area (Å²) in [6, 6.07) is 18.3. The van der Waals surface area contributed by atoms with E-state index >= 15 is 0 Å². The molecular weight excluding hydrogens is 444 g/mol. The van der Waals surface area contributed by atoms with Crippen molar-refractivity contribution < 1.29 is 9.53 Å². The van der Waals surface area contributed by atoms with E-state index in [1.807, 2.05) is 43.5 Å². The standard InChI is InChI=1S/C27H30N4O2S/c1-3-33-16-4-14-29-26(32)23-11-9-21(10-12-23)18-31-25-17-28-15-13-24(25)30-27(31)34-19-22-7-5-20(2)6-8-22/h5-13,15,17H,3-4,14,16,18-19H2,1-2H3,(H,29,32). The third-order valence-corrected chi connectivity index (χ3v) is 6.56. The normalized spacial score (nSPS) is 11.1. The first-order valence-corrected chi connectivity index (χ1v) is 12.6. The van der Waals surface area contributed by atoms with Gasteiger partial charge < -0.3 is 14.6 Å². The molecule has 2 aromatic carbocycles. The molecule has 0 saturated heterocycles. The van der Waals surface area contributed by atoms with Crippen molar-refractivity contribution in [2.45, 2.75) is 37.7 Å². The van der Waals surface area contributed by atoms with Gasteiger partial charge in [-0.1, -0.05) is 53.7 Å². The van der Waals surface area contributed by atoms with Crippen LogP contribution in [0.4, 0.5) is 0 Å². The molecule has 176 valence electrons. The maximum absolute atomic E-state index is 12.4. The Kier molecular flexibility index (Phi) is 8.33. The maximum Gasteiger partial charge on any atom is 0.251 e. The summed E-state index contributed by atoms with van der Waals surface area (Å²) < 4.78 is 7.51. The Morgan fingerprint density at radius 1 is 1.06 bits per heavy atom. The Morgan fingerprint density at radius 2 is 1.82 bits per heavy atom. The Hall–Kier alpha value is -3.16. The third kappa shape index (κ3) is 6.24. The summed E-state index contributed by atoms with van der Waals surface area (Å²) in [4.78, 5) is 21.6. The molecule has 34 heavy (non-hydrogen) atoms. The SMILES string of the molecule is CCOCCCNC(=O)c1ccc(Cn2c(SCc3ccc(C)cc3)nc3ccncc32)cc1. The van der Waals surface area contributed by atoms with E-state index in [1.54, 1.807) is 18.0 Å². The zero-order valence-corrected chi connectivity index (χ0v) is 20.5. The molecule has 0 aliphatic carbocycles. The van der Waals surface area contributed by atoms with Gasteiger partial charge in [0.25, 0.3) is 5.91 Å². The van der Waals surface area contributed by atoms with Gasteiger partial charge in [-0.25, -0.2) is 4.98 Å². The van der Waals surface area contributed by atoms with Crippen LogP contribution in [0.25, 0.3) is 11.0 Å². The predicted octanol–water partition coefficient (Wildman–Crippen LogP) is 5.24. The first-order valence-electron chi connectivity index (χ1n) is 11.6. The van der Waals surface area contributed by atoms with Crippen molar-refractivity contribution in [2.24, 2.45) is 0 Å². The van der Waals surface area contributed by atoms with Crippen molar-refractivity contribution >= 4 is 28.7 Å². The molecule has 0 saturated carbocycles. The van der Waals surface area contributed by atoms with E-state index in [0.717, 1.165) is 33.9 Å². The highest BCUT2D eigenvalue weighted by molar-refractivity contribution is 7.98. The summed E-state index contributed by atoms with van der Waals surface area (Å²) in [5.74, 6) is 0.786. The highest BCUT2D eigenvalue weighted by atomic mass is 32.2. The van der Waals surface area contributed by atoms with Crippen LogP contribution in [0.15, 0.2) is 72.1 Å². The summed E-state index contributed by atoms with van der Waals surface area (Å²) >= 11 is 1.72. The van der Waals surface area contributed by atoms with Gasteiger partial charge in [-0.3, -0.25) is 9.78 Å². The van der Waals surface area contributed by atoms with E-state index < -0.39 is 0 Å². The number of aromatic nitrogens is 3. The smallest absolute Gasteiger partial charge is 0.251 e. The molecule has 0 aliphatic rings. The summed E-state index contributed by atoms with van der Waals surface area (Å²) in [5, 5.41) is 3.90. The zero-order chi connectivity index (χ0) is 23.8. The average Bonchev–Trinajstić information content (AvgIpc) is 3.21. The molecule has 2 heterocycles. The van der Waals surface area contributed by atoms with E-state index in [-0.39, 0.29) is 5.91 Å². The Labute approximate surface area is 204 Å². The number of aryl methyl sites for hydroxylation is 1. The van der Waals surface area contributed by atoms with Crippen LogP contribution in [0.2, 0.25) is 0 Å². The fourth-order valence-corrected chi connectivity index (χ4v) is 4.58. The van der Waals surface area contributed by atoms with Gasteiger partial charge in [0.2, 0.25) is 0 Å². The van der Waals surface area contributed by atoms with E-state index in [0.29, 0.717) is 31.9 Å². The monoisotopic (exact) mass is 474 g/mol. The lowest BCUT2D eigenvalue weighted by atomic mass is 10.1. The lowest BCUT2D eigenvalue weighted by Crippen LogP contribution is -2.25. The van der Waals surface area contributed by atoms with Gasteiger partial charge in [-0.05, 0) is 49.6 Å². The van der Waals surface area contributed by atoms with Gasteiger partial charge in [-0.15, -0.1) is 0 Å². The van der Waals surface area contributed by atoms with Gasteiger partial charge in [0.05, 0.1) is 23.8 Å². The molecule has 0 spiro atoms. The van der Waals surface area contributed by atoms with Crippen molar-refractivity contribution in [2.75, 3.05) is 19.8 Å². The summed E-state index contributed by atoms with van der Waals surface area (Å²) in [6.45, 7) is 6.69. The second-order valence-corrected chi connectivity index (χ2v) is 9.06. The lowest BCUT2D eigenvalue weighted by molar-refractivity contribution is 0.0944. The molecule has 0 fully saturated rings. The van der Waals surface area contributed by atoms with Crippen LogP contribution in [0, 0.1) is 6.92 Å². The van der Waals surface area contributed by atoms with Crippen LogP contribution in [-0.2, 0) is 17.0 Å². The number of nitrogens with one attached hydrogen (secondary N) is 1. The van der Waals surface area contributed by atoms with Crippen molar-refractivity contribution in [3.63, 3.8) is 0 Å². The largest absolute Gasteiger partial charge is 0.382 e. The molecule has 2 aromatic heterocycles. The molecule has 6 nitrogen and oxygen atoms in total. The molecule has 0 aliphatic heterocycles. The average molecular weight is 475 g/mol. The molecule has 0 unspecified atom stereocenters. The minimum absolute atomic E-state index is 0.0605. The Bertz CT molecular complexity index is 1220. The van der Waals surface area contributed by atoms with Crippen molar-refractivity contribution in [3.8, 4) is 0 Å². The van der Waals surface area contributed by atoms with Crippen molar-refractivity contribution in [1.82, 2.24) is 19.9 Å². The first kappa shape index (κ1) is 24.0. The second-order valence-electron chi connectivity index (χ2n) is 8.12. The number of fused-ring (bicyclic) bond motifs is 1. The van der Waals surface area contributed by atoms with E-state index in [4.69, 9.17) is 9.72 Å². The van der Waals surface area contributed by atoms with Gasteiger partial charge in [0.15, 0.2) is 5.16 Å². The number of thioether (sulfide) groups is 1. The number of rotatable bonds is 11. The van der Waals surface area contributed by atoms with Crippen LogP contribution >= 0.6 is 11.8 Å². The maximum atomic E-state index is 12.4. The summed E-state index contributed by atoms with van der Waals surface area (Å²) in [6.07, 6.45) is 4.45. The fourth-order valence-electron chi connectivity index (χ4n) is 3.61. The number of benzene rings is 2. The number of amides is 1. The number of carbonyl (C=O) groups excluding carboxylic acids is 1. The van der Waals surface area contributed by atoms with Crippen molar-refractivity contribution in [1.29, 1.82) is 0 Å². The van der Waals surface area contributed by atoms with Gasteiger partial charge in [-0.2, -0.15) is 0 Å².